The summed E-state index contributed by atoms with van der Waals surface area (Å²) in [5.74, 6) is 0.317. The molecule has 0 unspecified atom stereocenters. The smallest absolute Gasteiger partial charge is 0.253 e. The van der Waals surface area contributed by atoms with Gasteiger partial charge in [0.15, 0.2) is 0 Å². The van der Waals surface area contributed by atoms with E-state index in [4.69, 9.17) is 0 Å². The third-order valence-corrected chi connectivity index (χ3v) is 7.54. The van der Waals surface area contributed by atoms with Crippen molar-refractivity contribution in [2.75, 3.05) is 13.1 Å². The van der Waals surface area contributed by atoms with Crippen LogP contribution in [0.15, 0.2) is 73.2 Å². The average molecular weight is 497 g/mol. The highest BCUT2D eigenvalue weighted by Crippen LogP contribution is 2.29. The number of imidazole rings is 1. The van der Waals surface area contributed by atoms with Crippen LogP contribution in [0.3, 0.4) is 0 Å². The van der Waals surface area contributed by atoms with Gasteiger partial charge >= 0.3 is 0 Å². The molecule has 1 N–H and O–H groups in total. The van der Waals surface area contributed by atoms with Gasteiger partial charge in [-0.15, -0.1) is 5.10 Å². The predicted octanol–water partition coefficient (Wildman–Crippen LogP) is 4.29. The van der Waals surface area contributed by atoms with Gasteiger partial charge in [-0.25, -0.2) is 4.98 Å². The van der Waals surface area contributed by atoms with Crippen molar-refractivity contribution in [3.8, 4) is 0 Å². The first-order valence-electron chi connectivity index (χ1n) is 12.0. The molecule has 2 amide bonds. The molecule has 2 aromatic carbocycles. The lowest BCUT2D eigenvalue weighted by molar-refractivity contribution is 0.0713. The molecule has 3 aromatic heterocycles. The van der Waals surface area contributed by atoms with E-state index >= 15 is 0 Å². The van der Waals surface area contributed by atoms with Crippen LogP contribution in [-0.2, 0) is 6.54 Å². The van der Waals surface area contributed by atoms with Gasteiger partial charge in [0.25, 0.3) is 11.8 Å². The Morgan fingerprint density at radius 2 is 1.78 bits per heavy atom. The molecule has 0 aliphatic carbocycles. The molecule has 0 atom stereocenters. The second kappa shape index (κ2) is 9.50. The molecule has 9 heteroatoms. The second-order valence-corrected chi connectivity index (χ2v) is 9.84. The van der Waals surface area contributed by atoms with E-state index in [2.05, 4.69) is 19.9 Å². The molecule has 1 aliphatic rings. The fourth-order valence-corrected chi connectivity index (χ4v) is 5.30. The number of nitrogens with one attached hydrogen (secondary N) is 1. The summed E-state index contributed by atoms with van der Waals surface area (Å²) in [5.41, 5.74) is 5.14. The number of hydrogen-bond acceptors (Lipinski definition) is 6. The first-order valence-corrected chi connectivity index (χ1v) is 12.7. The van der Waals surface area contributed by atoms with Gasteiger partial charge in [0.05, 0.1) is 4.70 Å². The molecule has 8 nitrogen and oxygen atoms in total. The number of hydrogen-bond donors (Lipinski definition) is 1. The molecule has 180 valence electrons. The highest BCUT2D eigenvalue weighted by atomic mass is 32.1. The zero-order valence-corrected chi connectivity index (χ0v) is 20.3. The van der Waals surface area contributed by atoms with E-state index in [-0.39, 0.29) is 11.8 Å². The van der Waals surface area contributed by atoms with Gasteiger partial charge in [-0.3, -0.25) is 9.59 Å². The Balaban J connectivity index is 1.03. The SMILES string of the molecule is O=C(NCc1ccn2ccnc2c1)c1ccc(C2CCN(C(=O)c3ccc4snnc4c3)CC2)cc1. The number of carbonyl (C=O) groups excluding carboxylic acids is 2. The molecule has 0 spiro atoms. The Kier molecular flexibility index (Phi) is 5.90. The van der Waals surface area contributed by atoms with Crippen molar-refractivity contribution in [1.29, 1.82) is 0 Å². The Morgan fingerprint density at radius 3 is 2.61 bits per heavy atom. The summed E-state index contributed by atoms with van der Waals surface area (Å²) in [4.78, 5) is 31.8. The van der Waals surface area contributed by atoms with Crippen LogP contribution < -0.4 is 5.32 Å². The first kappa shape index (κ1) is 22.4. The van der Waals surface area contributed by atoms with E-state index in [1.165, 1.54) is 17.1 Å². The Bertz CT molecular complexity index is 1550. The molecule has 0 bridgehead atoms. The fourth-order valence-electron chi connectivity index (χ4n) is 4.77. The van der Waals surface area contributed by atoms with Crippen LogP contribution in [0.4, 0.5) is 0 Å². The van der Waals surface area contributed by atoms with Gasteiger partial charge < -0.3 is 14.6 Å². The standard InChI is InChI=1S/C27H24N6O2S/c34-26(29-17-18-7-11-32-14-10-28-25(32)15-18)21-3-1-19(2-4-21)20-8-12-33(13-9-20)27(35)22-5-6-24-23(16-22)30-31-36-24/h1-7,10-11,14-16,20H,8-9,12-13,17H2,(H,29,34). The van der Waals surface area contributed by atoms with Crippen LogP contribution in [0.1, 0.15) is 50.6 Å². The number of nitrogens with zero attached hydrogens (tertiary/aromatic N) is 5. The maximum Gasteiger partial charge on any atom is 0.253 e. The van der Waals surface area contributed by atoms with Crippen molar-refractivity contribution in [3.05, 3.63) is 95.4 Å². The van der Waals surface area contributed by atoms with Crippen molar-refractivity contribution < 1.29 is 9.59 Å². The van der Waals surface area contributed by atoms with Crippen molar-refractivity contribution in [3.63, 3.8) is 0 Å². The highest BCUT2D eigenvalue weighted by Gasteiger charge is 2.25. The van der Waals surface area contributed by atoms with Gasteiger partial charge in [-0.2, -0.15) is 0 Å². The maximum atomic E-state index is 13.0. The maximum absolute atomic E-state index is 13.0. The molecule has 0 radical (unpaired) electrons. The molecule has 1 saturated heterocycles. The largest absolute Gasteiger partial charge is 0.348 e. The van der Waals surface area contributed by atoms with Gasteiger partial charge in [0, 0.05) is 49.4 Å². The Hall–Kier alpha value is -4.11. The second-order valence-electron chi connectivity index (χ2n) is 9.05. The van der Waals surface area contributed by atoms with Crippen LogP contribution >= 0.6 is 11.5 Å². The van der Waals surface area contributed by atoms with E-state index in [0.717, 1.165) is 34.3 Å². The van der Waals surface area contributed by atoms with Gasteiger partial charge in [-0.05, 0) is 83.9 Å². The molecular formula is C27H24N6O2S. The summed E-state index contributed by atoms with van der Waals surface area (Å²) in [6, 6.07) is 17.4. The van der Waals surface area contributed by atoms with Crippen molar-refractivity contribution >= 4 is 39.2 Å². The minimum Gasteiger partial charge on any atom is -0.348 e. The monoisotopic (exact) mass is 496 g/mol. The topological polar surface area (TPSA) is 92.5 Å². The third kappa shape index (κ3) is 4.45. The van der Waals surface area contributed by atoms with Crippen molar-refractivity contribution in [2.24, 2.45) is 0 Å². The van der Waals surface area contributed by atoms with Crippen LogP contribution in [-0.4, -0.2) is 48.8 Å². The average Bonchev–Trinajstić information content (AvgIpc) is 3.60. The first-order chi connectivity index (χ1) is 17.6. The number of piperidine rings is 1. The number of likely N-dealkylation sites (tertiary alicyclic amines) is 1. The Labute approximate surface area is 211 Å². The van der Waals surface area contributed by atoms with Gasteiger partial charge in [0.2, 0.25) is 0 Å². The number of pyridine rings is 1. The van der Waals surface area contributed by atoms with Crippen LogP contribution in [0, 0.1) is 0 Å². The van der Waals surface area contributed by atoms with E-state index < -0.39 is 0 Å². The quantitative estimate of drug-likeness (QED) is 0.392. The number of fused-ring (bicyclic) bond motifs is 2. The summed E-state index contributed by atoms with van der Waals surface area (Å²) in [5, 5.41) is 7.07. The van der Waals surface area contributed by atoms with E-state index in [9.17, 15) is 9.59 Å². The minimum atomic E-state index is -0.0996. The number of amides is 2. The number of rotatable bonds is 5. The van der Waals surface area contributed by atoms with Gasteiger partial charge in [0.1, 0.15) is 11.2 Å². The zero-order valence-electron chi connectivity index (χ0n) is 19.5. The summed E-state index contributed by atoms with van der Waals surface area (Å²) < 4.78 is 6.86. The predicted molar refractivity (Wildman–Crippen MR) is 138 cm³/mol. The summed E-state index contributed by atoms with van der Waals surface area (Å²) in [6.07, 6.45) is 7.38. The summed E-state index contributed by atoms with van der Waals surface area (Å²) in [6.45, 7) is 1.86. The lowest BCUT2D eigenvalue weighted by Gasteiger charge is -2.32. The Morgan fingerprint density at radius 1 is 0.972 bits per heavy atom. The normalized spacial score (nSPS) is 14.4. The van der Waals surface area contributed by atoms with E-state index in [1.807, 2.05) is 76.3 Å². The molecule has 5 aromatic rings. The lowest BCUT2D eigenvalue weighted by Crippen LogP contribution is -2.37. The van der Waals surface area contributed by atoms with Gasteiger partial charge in [-0.1, -0.05) is 16.6 Å². The van der Waals surface area contributed by atoms with E-state index in [0.29, 0.717) is 36.7 Å². The van der Waals surface area contributed by atoms with Crippen molar-refractivity contribution in [1.82, 2.24) is 29.2 Å². The van der Waals surface area contributed by atoms with Crippen LogP contribution in [0.2, 0.25) is 0 Å². The van der Waals surface area contributed by atoms with Crippen molar-refractivity contribution in [2.45, 2.75) is 25.3 Å². The highest BCUT2D eigenvalue weighted by molar-refractivity contribution is 7.12. The molecule has 0 saturated carbocycles. The molecular weight excluding hydrogens is 472 g/mol. The number of aromatic nitrogens is 4. The third-order valence-electron chi connectivity index (χ3n) is 6.84. The fraction of sp³-hybridized carbons (Fsp3) is 0.222. The lowest BCUT2D eigenvalue weighted by atomic mass is 9.88. The summed E-state index contributed by atoms with van der Waals surface area (Å²) >= 11 is 1.33. The zero-order chi connectivity index (χ0) is 24.5. The van der Waals surface area contributed by atoms with Crippen LogP contribution in [0.5, 0.6) is 0 Å². The molecule has 6 rings (SSSR count). The van der Waals surface area contributed by atoms with Crippen LogP contribution in [0.25, 0.3) is 15.9 Å². The molecule has 4 heterocycles. The summed E-state index contributed by atoms with van der Waals surface area (Å²) in [7, 11) is 0. The minimum absolute atomic E-state index is 0.0438. The van der Waals surface area contributed by atoms with E-state index in [1.54, 1.807) is 6.20 Å². The molecule has 1 fully saturated rings. The number of benzene rings is 2. The molecule has 36 heavy (non-hydrogen) atoms. The number of carbonyl (C=O) groups is 2. The molecule has 1 aliphatic heterocycles.